The fourth-order valence-corrected chi connectivity index (χ4v) is 3.09. The maximum Gasteiger partial charge on any atom is 0.131 e. The Morgan fingerprint density at radius 2 is 2.05 bits per heavy atom. The minimum absolute atomic E-state index is 0.704. The fraction of sp³-hybridized carbons (Fsp3) is 0.688. The molecule has 1 aliphatic rings. The van der Waals surface area contributed by atoms with E-state index in [1.54, 1.807) is 0 Å². The molecule has 1 N–H and O–H groups in total. The summed E-state index contributed by atoms with van der Waals surface area (Å²) in [6.45, 7) is 9.55. The molecule has 106 valence electrons. The Balaban J connectivity index is 2.13. The molecule has 1 fully saturated rings. The molecule has 0 radical (unpaired) electrons. The molecule has 0 spiro atoms. The summed E-state index contributed by atoms with van der Waals surface area (Å²) < 4.78 is 0. The lowest BCUT2D eigenvalue weighted by Crippen LogP contribution is -2.34. The molecule has 2 rings (SSSR count). The molecular weight excluding hydrogens is 234 g/mol. The topological polar surface area (TPSA) is 28.2 Å². The van der Waals surface area contributed by atoms with Crippen molar-refractivity contribution >= 4 is 5.82 Å². The van der Waals surface area contributed by atoms with Crippen LogP contribution in [0.3, 0.4) is 0 Å². The number of rotatable bonds is 6. The Bertz CT molecular complexity index is 397. The molecule has 1 heterocycles. The third kappa shape index (κ3) is 3.47. The smallest absolute Gasteiger partial charge is 0.131 e. The Morgan fingerprint density at radius 3 is 2.63 bits per heavy atom. The first-order chi connectivity index (χ1) is 9.26. The summed E-state index contributed by atoms with van der Waals surface area (Å²) in [6, 6.07) is 2.98. The lowest BCUT2D eigenvalue weighted by atomic mass is 10.1. The van der Waals surface area contributed by atoms with Gasteiger partial charge >= 0.3 is 0 Å². The maximum absolute atomic E-state index is 4.73. The zero-order valence-electron chi connectivity index (χ0n) is 12.6. The quantitative estimate of drug-likeness (QED) is 0.852. The van der Waals surface area contributed by atoms with Gasteiger partial charge in [-0.2, -0.15) is 0 Å². The number of aromatic nitrogens is 1. The fourth-order valence-electron chi connectivity index (χ4n) is 3.09. The summed E-state index contributed by atoms with van der Waals surface area (Å²) >= 11 is 0. The first-order valence-electron chi connectivity index (χ1n) is 7.69. The normalized spacial score (nSPS) is 15.9. The summed E-state index contributed by atoms with van der Waals surface area (Å²) in [6.07, 6.45) is 7.43. The van der Waals surface area contributed by atoms with E-state index < -0.39 is 0 Å². The average molecular weight is 261 g/mol. The molecule has 1 aromatic heterocycles. The minimum atomic E-state index is 0.704. The van der Waals surface area contributed by atoms with Crippen LogP contribution in [-0.4, -0.2) is 24.1 Å². The lowest BCUT2D eigenvalue weighted by molar-refractivity contribution is 0.611. The molecule has 0 unspecified atom stereocenters. The molecule has 0 amide bonds. The highest BCUT2D eigenvalue weighted by atomic mass is 15.2. The minimum Gasteiger partial charge on any atom is -0.354 e. The number of hydrogen-bond acceptors (Lipinski definition) is 3. The molecule has 19 heavy (non-hydrogen) atoms. The highest BCUT2D eigenvalue weighted by Gasteiger charge is 2.23. The average Bonchev–Trinajstić information content (AvgIpc) is 2.93. The number of nitrogens with one attached hydrogen (secondary N) is 1. The van der Waals surface area contributed by atoms with Gasteiger partial charge < -0.3 is 10.2 Å². The number of hydrogen-bond donors (Lipinski definition) is 1. The molecule has 0 atom stereocenters. The first-order valence-corrected chi connectivity index (χ1v) is 7.69. The predicted molar refractivity (Wildman–Crippen MR) is 81.6 cm³/mol. The van der Waals surface area contributed by atoms with Crippen LogP contribution in [0.4, 0.5) is 5.82 Å². The van der Waals surface area contributed by atoms with Gasteiger partial charge in [0.1, 0.15) is 5.82 Å². The third-order valence-corrected chi connectivity index (χ3v) is 4.06. The van der Waals surface area contributed by atoms with Gasteiger partial charge in [0.2, 0.25) is 0 Å². The SMILES string of the molecule is CCNCc1cnc(N(CC)C2CCCC2)c(C)c1. The van der Waals surface area contributed by atoms with Crippen LogP contribution in [0.25, 0.3) is 0 Å². The summed E-state index contributed by atoms with van der Waals surface area (Å²) in [5.74, 6) is 1.19. The zero-order chi connectivity index (χ0) is 13.7. The van der Waals surface area contributed by atoms with Crippen LogP contribution in [0.1, 0.15) is 50.7 Å². The standard InChI is InChI=1S/C16H27N3/c1-4-17-11-14-10-13(3)16(18-12-14)19(5-2)15-8-6-7-9-15/h10,12,15,17H,4-9,11H2,1-3H3. The van der Waals surface area contributed by atoms with Crippen LogP contribution < -0.4 is 10.2 Å². The van der Waals surface area contributed by atoms with E-state index in [9.17, 15) is 0 Å². The van der Waals surface area contributed by atoms with E-state index in [0.717, 1.165) is 19.6 Å². The van der Waals surface area contributed by atoms with Crippen molar-refractivity contribution in [3.8, 4) is 0 Å². The van der Waals surface area contributed by atoms with Crippen LogP contribution in [0.15, 0.2) is 12.3 Å². The molecule has 0 aliphatic heterocycles. The Kier molecular flexibility index (Phi) is 5.20. The van der Waals surface area contributed by atoms with E-state index in [1.807, 2.05) is 6.20 Å². The predicted octanol–water partition coefficient (Wildman–Crippen LogP) is 3.27. The van der Waals surface area contributed by atoms with E-state index in [0.29, 0.717) is 6.04 Å². The first kappa shape index (κ1) is 14.3. The third-order valence-electron chi connectivity index (χ3n) is 4.06. The van der Waals surface area contributed by atoms with E-state index in [-0.39, 0.29) is 0 Å². The monoisotopic (exact) mass is 261 g/mol. The number of nitrogens with zero attached hydrogens (tertiary/aromatic N) is 2. The van der Waals surface area contributed by atoms with Crippen molar-refractivity contribution < 1.29 is 0 Å². The van der Waals surface area contributed by atoms with E-state index >= 15 is 0 Å². The highest BCUT2D eigenvalue weighted by Crippen LogP contribution is 2.28. The second-order valence-electron chi connectivity index (χ2n) is 5.49. The van der Waals surface area contributed by atoms with Crippen LogP contribution in [0, 0.1) is 6.92 Å². The number of anilines is 1. The second kappa shape index (κ2) is 6.90. The van der Waals surface area contributed by atoms with Gasteiger partial charge in [0, 0.05) is 25.3 Å². The van der Waals surface area contributed by atoms with Gasteiger partial charge in [-0.25, -0.2) is 4.98 Å². The van der Waals surface area contributed by atoms with Gasteiger partial charge in [-0.05, 0) is 50.4 Å². The second-order valence-corrected chi connectivity index (χ2v) is 5.49. The Morgan fingerprint density at radius 1 is 1.32 bits per heavy atom. The maximum atomic E-state index is 4.73. The summed E-state index contributed by atoms with van der Waals surface area (Å²) in [4.78, 5) is 7.23. The van der Waals surface area contributed by atoms with Crippen molar-refractivity contribution in [3.05, 3.63) is 23.4 Å². The van der Waals surface area contributed by atoms with Gasteiger partial charge in [-0.15, -0.1) is 0 Å². The van der Waals surface area contributed by atoms with E-state index in [1.165, 1.54) is 42.6 Å². The van der Waals surface area contributed by atoms with E-state index in [2.05, 4.69) is 37.1 Å². The van der Waals surface area contributed by atoms with Crippen LogP contribution >= 0.6 is 0 Å². The molecule has 0 aromatic carbocycles. The molecule has 1 saturated carbocycles. The van der Waals surface area contributed by atoms with Crippen molar-refractivity contribution in [1.29, 1.82) is 0 Å². The number of pyridine rings is 1. The number of aryl methyl sites for hydroxylation is 1. The van der Waals surface area contributed by atoms with Crippen molar-refractivity contribution in [1.82, 2.24) is 10.3 Å². The summed E-state index contributed by atoms with van der Waals surface area (Å²) in [5, 5.41) is 3.36. The van der Waals surface area contributed by atoms with Crippen molar-refractivity contribution in [2.75, 3.05) is 18.0 Å². The highest BCUT2D eigenvalue weighted by molar-refractivity contribution is 5.48. The summed E-state index contributed by atoms with van der Waals surface area (Å²) in [5.41, 5.74) is 2.59. The molecule has 3 heteroatoms. The lowest BCUT2D eigenvalue weighted by Gasteiger charge is -2.30. The van der Waals surface area contributed by atoms with Crippen LogP contribution in [-0.2, 0) is 6.54 Å². The van der Waals surface area contributed by atoms with Crippen LogP contribution in [0.5, 0.6) is 0 Å². The molecule has 0 saturated heterocycles. The van der Waals surface area contributed by atoms with Gasteiger partial charge in [0.05, 0.1) is 0 Å². The molecule has 1 aliphatic carbocycles. The zero-order valence-corrected chi connectivity index (χ0v) is 12.6. The summed E-state index contributed by atoms with van der Waals surface area (Å²) in [7, 11) is 0. The largest absolute Gasteiger partial charge is 0.354 e. The molecule has 0 bridgehead atoms. The van der Waals surface area contributed by atoms with Gasteiger partial charge in [-0.1, -0.05) is 19.8 Å². The Hall–Kier alpha value is -1.09. The van der Waals surface area contributed by atoms with Crippen molar-refractivity contribution in [2.24, 2.45) is 0 Å². The van der Waals surface area contributed by atoms with Gasteiger partial charge in [0.25, 0.3) is 0 Å². The molecular formula is C16H27N3. The molecule has 1 aromatic rings. The van der Waals surface area contributed by atoms with Crippen LogP contribution in [0.2, 0.25) is 0 Å². The van der Waals surface area contributed by atoms with Gasteiger partial charge in [0.15, 0.2) is 0 Å². The van der Waals surface area contributed by atoms with E-state index in [4.69, 9.17) is 4.98 Å². The Labute approximate surface area is 117 Å². The van der Waals surface area contributed by atoms with Crippen molar-refractivity contribution in [3.63, 3.8) is 0 Å². The van der Waals surface area contributed by atoms with Crippen molar-refractivity contribution in [2.45, 2.75) is 59.0 Å². The van der Waals surface area contributed by atoms with Gasteiger partial charge in [-0.3, -0.25) is 0 Å². The molecule has 3 nitrogen and oxygen atoms in total.